The van der Waals surface area contributed by atoms with E-state index in [0.717, 1.165) is 25.0 Å². The molecule has 1 aromatic carbocycles. The summed E-state index contributed by atoms with van der Waals surface area (Å²) in [6.07, 6.45) is 1.51. The maximum atomic E-state index is 12.6. The van der Waals surface area contributed by atoms with Crippen molar-refractivity contribution in [1.82, 2.24) is 0 Å². The lowest BCUT2D eigenvalue weighted by atomic mass is 10.1. The summed E-state index contributed by atoms with van der Waals surface area (Å²) in [6, 6.07) is 4.90. The summed E-state index contributed by atoms with van der Waals surface area (Å²) in [4.78, 5) is -0.939. The average Bonchev–Trinajstić information content (AvgIpc) is 3.30. The van der Waals surface area contributed by atoms with Crippen molar-refractivity contribution in [1.29, 1.82) is 5.26 Å². The van der Waals surface area contributed by atoms with Gasteiger partial charge in [-0.05, 0) is 43.5 Å². The highest BCUT2D eigenvalue weighted by Crippen LogP contribution is 2.37. The number of nitrogens with one attached hydrogen (secondary N) is 1. The van der Waals surface area contributed by atoms with Gasteiger partial charge in [-0.3, -0.25) is 0 Å². The van der Waals surface area contributed by atoms with Gasteiger partial charge >= 0.3 is 5.51 Å². The molecule has 25 heavy (non-hydrogen) atoms. The first kappa shape index (κ1) is 19.2. The number of thiocarbonyl (C=S) groups is 1. The third-order valence-electron chi connectivity index (χ3n) is 3.59. The van der Waals surface area contributed by atoms with Crippen LogP contribution in [0.5, 0.6) is 0 Å². The molecule has 0 aliphatic heterocycles. The van der Waals surface area contributed by atoms with E-state index in [9.17, 15) is 26.7 Å². The van der Waals surface area contributed by atoms with Crippen LogP contribution in [-0.4, -0.2) is 24.0 Å². The third-order valence-corrected chi connectivity index (χ3v) is 5.54. The molecular formula is C15H13F3N2O3S2. The van der Waals surface area contributed by atoms with Gasteiger partial charge in [0, 0.05) is 11.6 Å². The topological polar surface area (TPSA) is 90.2 Å². The number of nitrogens with zero attached hydrogens (tertiary/aromatic N) is 1. The van der Waals surface area contributed by atoms with Crippen LogP contribution in [0.15, 0.2) is 34.4 Å². The van der Waals surface area contributed by atoms with Crippen molar-refractivity contribution in [3.05, 3.63) is 35.1 Å². The maximum absolute atomic E-state index is 12.6. The number of nitriles is 1. The summed E-state index contributed by atoms with van der Waals surface area (Å²) in [6.45, 7) is 1.22. The highest BCUT2D eigenvalue weighted by molar-refractivity contribution is 7.92. The first-order chi connectivity index (χ1) is 11.5. The molecule has 5 nitrogen and oxygen atoms in total. The van der Waals surface area contributed by atoms with E-state index in [1.807, 2.05) is 0 Å². The zero-order valence-corrected chi connectivity index (χ0v) is 14.5. The normalized spacial score (nSPS) is 16.0. The molecule has 1 aliphatic carbocycles. The number of allylic oxidation sites excluding steroid dienone is 1. The molecule has 0 atom stereocenters. The molecule has 0 aromatic heterocycles. The number of hydrogen-bond acceptors (Lipinski definition) is 5. The second-order valence-corrected chi connectivity index (χ2v) is 7.85. The molecule has 0 unspecified atom stereocenters. The van der Waals surface area contributed by atoms with E-state index in [1.165, 1.54) is 13.0 Å². The molecule has 1 aliphatic rings. The van der Waals surface area contributed by atoms with Gasteiger partial charge in [0.15, 0.2) is 0 Å². The van der Waals surface area contributed by atoms with E-state index in [1.54, 1.807) is 6.07 Å². The Labute approximate surface area is 147 Å². The van der Waals surface area contributed by atoms with E-state index < -0.39 is 20.2 Å². The molecule has 0 radical (unpaired) electrons. The molecule has 0 heterocycles. The predicted octanol–water partition coefficient (Wildman–Crippen LogP) is 3.77. The van der Waals surface area contributed by atoms with Crippen molar-refractivity contribution >= 4 is 32.7 Å². The van der Waals surface area contributed by atoms with E-state index in [0.29, 0.717) is 0 Å². The quantitative estimate of drug-likeness (QED) is 0.352. The first-order valence-electron chi connectivity index (χ1n) is 7.05. The van der Waals surface area contributed by atoms with E-state index in [2.05, 4.69) is 5.32 Å². The Hall–Kier alpha value is -2.12. The van der Waals surface area contributed by atoms with Crippen LogP contribution in [-0.2, 0) is 9.84 Å². The zero-order chi connectivity index (χ0) is 19.0. The Morgan fingerprint density at radius 2 is 2.00 bits per heavy atom. The van der Waals surface area contributed by atoms with Crippen LogP contribution in [0, 0.1) is 24.2 Å². The number of anilines is 1. The molecular weight excluding hydrogens is 377 g/mol. The SMILES string of the molecule is Cc1cc(NC(=S)/C(C#N)=C(/O)C2CC2)ccc1S(=O)(=O)C(F)(F)F. The van der Waals surface area contributed by atoms with Gasteiger partial charge < -0.3 is 10.4 Å². The number of hydrogen-bond donors (Lipinski definition) is 2. The summed E-state index contributed by atoms with van der Waals surface area (Å²) < 4.78 is 60.9. The number of aryl methyl sites for hydroxylation is 1. The third kappa shape index (κ3) is 3.93. The molecule has 1 fully saturated rings. The Morgan fingerprint density at radius 1 is 1.40 bits per heavy atom. The predicted molar refractivity (Wildman–Crippen MR) is 88.6 cm³/mol. The lowest BCUT2D eigenvalue weighted by Gasteiger charge is -2.13. The number of rotatable bonds is 4. The van der Waals surface area contributed by atoms with Crippen LogP contribution in [0.4, 0.5) is 18.9 Å². The lowest BCUT2D eigenvalue weighted by molar-refractivity contribution is -0.0436. The van der Waals surface area contributed by atoms with Crippen molar-refractivity contribution in [2.24, 2.45) is 5.92 Å². The molecule has 2 rings (SSSR count). The molecule has 1 aromatic rings. The van der Waals surface area contributed by atoms with Crippen LogP contribution in [0.3, 0.4) is 0 Å². The van der Waals surface area contributed by atoms with Crippen LogP contribution in [0.1, 0.15) is 18.4 Å². The van der Waals surface area contributed by atoms with Gasteiger partial charge in [0.1, 0.15) is 22.4 Å². The standard InChI is InChI=1S/C15H13F3N2O3S2/c1-8-6-10(4-5-12(8)25(22,23)15(16,17)18)20-14(24)11(7-19)13(21)9-2-3-9/h4-6,9,21H,2-3H2,1H3,(H,20,24)/b13-11+. The molecule has 0 bridgehead atoms. The Bertz CT molecular complexity index is 896. The smallest absolute Gasteiger partial charge is 0.501 e. The monoisotopic (exact) mass is 390 g/mol. The minimum Gasteiger partial charge on any atom is -0.511 e. The summed E-state index contributed by atoms with van der Waals surface area (Å²) in [5, 5.41) is 21.7. The molecule has 0 amide bonds. The van der Waals surface area contributed by atoms with E-state index in [4.69, 9.17) is 17.5 Å². The zero-order valence-electron chi connectivity index (χ0n) is 12.9. The highest BCUT2D eigenvalue weighted by atomic mass is 32.2. The fraction of sp³-hybridized carbons (Fsp3) is 0.333. The van der Waals surface area contributed by atoms with Crippen molar-refractivity contribution < 1.29 is 26.7 Å². The number of halogens is 3. The number of sulfone groups is 1. The maximum Gasteiger partial charge on any atom is 0.501 e. The van der Waals surface area contributed by atoms with Gasteiger partial charge in [0.25, 0.3) is 9.84 Å². The summed E-state index contributed by atoms with van der Waals surface area (Å²) >= 11 is 5.04. The second kappa shape index (κ2) is 6.65. The largest absolute Gasteiger partial charge is 0.511 e. The fourth-order valence-electron chi connectivity index (χ4n) is 2.13. The minimum absolute atomic E-state index is 0.0854. The van der Waals surface area contributed by atoms with Gasteiger partial charge in [-0.2, -0.15) is 18.4 Å². The molecule has 0 saturated heterocycles. The number of benzene rings is 1. The molecule has 2 N–H and O–H groups in total. The summed E-state index contributed by atoms with van der Waals surface area (Å²) in [7, 11) is -5.45. The van der Waals surface area contributed by atoms with Crippen molar-refractivity contribution in [2.45, 2.75) is 30.2 Å². The molecule has 134 valence electrons. The van der Waals surface area contributed by atoms with Gasteiger partial charge in [-0.25, -0.2) is 8.42 Å². The van der Waals surface area contributed by atoms with Crippen LogP contribution in [0.25, 0.3) is 0 Å². The average molecular weight is 390 g/mol. The molecule has 10 heteroatoms. The van der Waals surface area contributed by atoms with Gasteiger partial charge in [0.2, 0.25) is 0 Å². The minimum atomic E-state index is -5.45. The van der Waals surface area contributed by atoms with Crippen molar-refractivity contribution in [3.8, 4) is 6.07 Å². The lowest BCUT2D eigenvalue weighted by Crippen LogP contribution is -2.24. The summed E-state index contributed by atoms with van der Waals surface area (Å²) in [5.74, 6) is -0.219. The van der Waals surface area contributed by atoms with Crippen molar-refractivity contribution in [2.75, 3.05) is 5.32 Å². The Balaban J connectivity index is 2.29. The van der Waals surface area contributed by atoms with Crippen LogP contribution < -0.4 is 5.32 Å². The van der Waals surface area contributed by atoms with Crippen LogP contribution in [0.2, 0.25) is 0 Å². The highest BCUT2D eigenvalue weighted by Gasteiger charge is 2.47. The van der Waals surface area contributed by atoms with E-state index in [-0.39, 0.29) is 33.5 Å². The van der Waals surface area contributed by atoms with Gasteiger partial charge in [0.05, 0.1) is 4.90 Å². The number of aliphatic hydroxyl groups is 1. The van der Waals surface area contributed by atoms with Gasteiger partial charge in [-0.15, -0.1) is 0 Å². The number of alkyl halides is 3. The fourth-order valence-corrected chi connectivity index (χ4v) is 3.38. The molecule has 1 saturated carbocycles. The van der Waals surface area contributed by atoms with Crippen LogP contribution >= 0.6 is 12.2 Å². The first-order valence-corrected chi connectivity index (χ1v) is 8.94. The van der Waals surface area contributed by atoms with Gasteiger partial charge in [-0.1, -0.05) is 12.2 Å². The Morgan fingerprint density at radius 3 is 2.44 bits per heavy atom. The molecule has 0 spiro atoms. The second-order valence-electron chi connectivity index (χ2n) is 5.53. The van der Waals surface area contributed by atoms with Crippen molar-refractivity contribution in [3.63, 3.8) is 0 Å². The number of aliphatic hydroxyl groups excluding tert-OH is 1. The summed E-state index contributed by atoms with van der Waals surface area (Å²) in [5.41, 5.74) is -5.42. The van der Waals surface area contributed by atoms with E-state index >= 15 is 0 Å². The Kier molecular flexibility index (Phi) is 5.11.